The smallest absolute Gasteiger partial charge is 0.376 e. The average molecular weight is 598 g/mol. The van der Waals surface area contributed by atoms with Crippen LogP contribution in [-0.4, -0.2) is 60.2 Å². The summed E-state index contributed by atoms with van der Waals surface area (Å²) in [5, 5.41) is 0. The fourth-order valence-corrected chi connectivity index (χ4v) is 6.33. The summed E-state index contributed by atoms with van der Waals surface area (Å²) >= 11 is 0. The Morgan fingerprint density at radius 2 is 1.69 bits per heavy atom. The van der Waals surface area contributed by atoms with Gasteiger partial charge in [-0.05, 0) is 60.7 Å². The van der Waals surface area contributed by atoms with Gasteiger partial charge >= 0.3 is 31.2 Å². The molecule has 0 unspecified atom stereocenters. The highest BCUT2D eigenvalue weighted by Crippen LogP contribution is 2.44. The quantitative estimate of drug-likeness (QED) is 0.255. The summed E-state index contributed by atoms with van der Waals surface area (Å²) in [7, 11) is -11.6. The summed E-state index contributed by atoms with van der Waals surface area (Å²) in [6.07, 6.45) is 1.91. The fourth-order valence-electron chi connectivity index (χ4n) is 5.07. The maximum Gasteiger partial charge on any atom is 0.534 e. The molecule has 1 aliphatic carbocycles. The Labute approximate surface area is 217 Å². The van der Waals surface area contributed by atoms with Crippen LogP contribution in [0.5, 0.6) is 5.75 Å². The van der Waals surface area contributed by atoms with E-state index in [9.17, 15) is 48.0 Å². The maximum absolute atomic E-state index is 13.4. The van der Waals surface area contributed by atoms with Crippen LogP contribution in [0, 0.1) is 0 Å². The first kappa shape index (κ1) is 27.2. The monoisotopic (exact) mass is 597 g/mol. The number of likely N-dealkylation sites (tertiary alicyclic amines) is 1. The van der Waals surface area contributed by atoms with Crippen molar-refractivity contribution in [2.24, 2.45) is 0 Å². The van der Waals surface area contributed by atoms with Crippen molar-refractivity contribution in [2.45, 2.75) is 42.2 Å². The molecule has 0 spiro atoms. The summed E-state index contributed by atoms with van der Waals surface area (Å²) in [4.78, 5) is 18.7. The van der Waals surface area contributed by atoms with Crippen molar-refractivity contribution in [3.8, 4) is 5.75 Å². The largest absolute Gasteiger partial charge is 0.534 e. The van der Waals surface area contributed by atoms with Gasteiger partial charge in [-0.15, -0.1) is 0 Å². The van der Waals surface area contributed by atoms with Gasteiger partial charge in [0.1, 0.15) is 12.1 Å². The number of benzene rings is 2. The predicted octanol–water partition coefficient (Wildman–Crippen LogP) is 3.91. The number of fused-ring (bicyclic) bond motifs is 4. The summed E-state index contributed by atoms with van der Waals surface area (Å²) < 4.78 is 128. The third kappa shape index (κ3) is 4.50. The van der Waals surface area contributed by atoms with Gasteiger partial charge in [0.15, 0.2) is 0 Å². The van der Waals surface area contributed by atoms with Gasteiger partial charge in [0.05, 0.1) is 11.0 Å². The zero-order valence-corrected chi connectivity index (χ0v) is 21.0. The lowest BCUT2D eigenvalue weighted by Gasteiger charge is -2.38. The van der Waals surface area contributed by atoms with E-state index in [0.717, 1.165) is 12.1 Å². The van der Waals surface area contributed by atoms with E-state index in [1.807, 2.05) is 0 Å². The van der Waals surface area contributed by atoms with Crippen LogP contribution in [0.4, 0.5) is 26.3 Å². The number of alkyl halides is 6. The molecule has 1 saturated heterocycles. The second-order valence-electron chi connectivity index (χ2n) is 9.06. The van der Waals surface area contributed by atoms with E-state index < -0.39 is 48.9 Å². The van der Waals surface area contributed by atoms with Crippen LogP contribution in [-0.2, 0) is 26.6 Å². The SMILES string of the molecule is O=C(c1ccc2c(c1)ncn2S(=O)(=O)C(F)(F)F)N1CCC[C@@H]2c3cc(OS(=O)(=O)C(F)(F)F)ccc3C[C@@H]21. The fraction of sp³-hybridized carbons (Fsp3) is 0.364. The molecule has 17 heteroatoms. The van der Waals surface area contributed by atoms with Crippen molar-refractivity contribution in [1.29, 1.82) is 0 Å². The second kappa shape index (κ2) is 8.84. The van der Waals surface area contributed by atoms with Crippen molar-refractivity contribution in [3.63, 3.8) is 0 Å². The number of hydrogen-bond donors (Lipinski definition) is 0. The summed E-state index contributed by atoms with van der Waals surface area (Å²) in [6.45, 7) is 0.314. The Bertz CT molecular complexity index is 1700. The van der Waals surface area contributed by atoms with Gasteiger partial charge in [0, 0.05) is 24.1 Å². The Balaban J connectivity index is 1.41. The van der Waals surface area contributed by atoms with Gasteiger partial charge in [-0.25, -0.2) is 8.96 Å². The molecule has 0 N–H and O–H groups in total. The molecular weight excluding hydrogens is 580 g/mol. The number of imidazole rings is 1. The molecule has 2 atom stereocenters. The molecule has 3 aromatic rings. The van der Waals surface area contributed by atoms with E-state index in [1.165, 1.54) is 29.2 Å². The number of rotatable bonds is 4. The molecule has 1 fully saturated rings. The van der Waals surface area contributed by atoms with E-state index in [0.29, 0.717) is 43.3 Å². The number of carbonyl (C=O) groups excluding carboxylic acids is 1. The van der Waals surface area contributed by atoms with Crippen molar-refractivity contribution in [3.05, 3.63) is 59.4 Å². The van der Waals surface area contributed by atoms with Crippen molar-refractivity contribution in [2.75, 3.05) is 6.54 Å². The van der Waals surface area contributed by atoms with Gasteiger partial charge in [-0.3, -0.25) is 4.79 Å². The van der Waals surface area contributed by atoms with Crippen molar-refractivity contribution < 1.29 is 52.2 Å². The van der Waals surface area contributed by atoms with Crippen LogP contribution in [0.3, 0.4) is 0 Å². The number of halogens is 6. The minimum Gasteiger partial charge on any atom is -0.376 e. The molecule has 2 heterocycles. The highest BCUT2D eigenvalue weighted by atomic mass is 32.2. The molecule has 2 aromatic carbocycles. The Kier molecular flexibility index (Phi) is 6.17. The van der Waals surface area contributed by atoms with Crippen LogP contribution in [0.2, 0.25) is 0 Å². The van der Waals surface area contributed by atoms with Crippen LogP contribution < -0.4 is 4.18 Å². The molecule has 1 aliphatic heterocycles. The molecule has 1 aromatic heterocycles. The van der Waals surface area contributed by atoms with Gasteiger partial charge in [0.2, 0.25) is 0 Å². The second-order valence-corrected chi connectivity index (χ2v) is 12.4. The van der Waals surface area contributed by atoms with E-state index in [2.05, 4.69) is 9.17 Å². The number of aromatic nitrogens is 2. The summed E-state index contributed by atoms with van der Waals surface area (Å²) in [6, 6.07) is 6.76. The summed E-state index contributed by atoms with van der Waals surface area (Å²) in [5.41, 5.74) is -10.4. The van der Waals surface area contributed by atoms with Crippen molar-refractivity contribution >= 4 is 37.1 Å². The Morgan fingerprint density at radius 3 is 2.36 bits per heavy atom. The number of hydrogen-bond acceptors (Lipinski definition) is 7. The molecule has 1 amide bonds. The van der Waals surface area contributed by atoms with Gasteiger partial charge in [-0.2, -0.15) is 43.2 Å². The first-order chi connectivity index (χ1) is 18.0. The Morgan fingerprint density at radius 1 is 0.974 bits per heavy atom. The number of piperidine rings is 1. The lowest BCUT2D eigenvalue weighted by Crippen LogP contribution is -2.46. The lowest BCUT2D eigenvalue weighted by molar-refractivity contribution is -0.0500. The van der Waals surface area contributed by atoms with E-state index in [4.69, 9.17) is 0 Å². The predicted molar refractivity (Wildman–Crippen MR) is 123 cm³/mol. The third-order valence-corrected chi connectivity index (χ3v) is 9.16. The van der Waals surface area contributed by atoms with E-state index in [-0.39, 0.29) is 26.5 Å². The van der Waals surface area contributed by atoms with Gasteiger partial charge in [0.25, 0.3) is 5.91 Å². The van der Waals surface area contributed by atoms with Gasteiger partial charge < -0.3 is 9.08 Å². The molecule has 0 bridgehead atoms. The van der Waals surface area contributed by atoms with Gasteiger partial charge in [-0.1, -0.05) is 6.07 Å². The minimum absolute atomic E-state index is 0.0141. The van der Waals surface area contributed by atoms with E-state index in [1.54, 1.807) is 0 Å². The molecule has 2 aliphatic rings. The molecule has 0 radical (unpaired) electrons. The third-order valence-electron chi connectivity index (χ3n) is 6.79. The zero-order valence-electron chi connectivity index (χ0n) is 19.4. The standard InChI is InChI=1S/C22H17F6N3O6S2/c23-21(24,25)38(33,34)31-11-29-17-8-13(4-6-18(17)31)20(32)30-7-1-2-15-16-10-14(5-3-12(16)9-19(15)30)37-39(35,36)22(26,27)28/h3-6,8,10-11,15,19H,1-2,7,9H2/t15-,19+/m1/s1. The number of carbonyl (C=O) groups is 1. The van der Waals surface area contributed by atoms with Crippen molar-refractivity contribution in [1.82, 2.24) is 13.9 Å². The first-order valence-corrected chi connectivity index (χ1v) is 14.1. The van der Waals surface area contributed by atoms with Crippen LogP contribution >= 0.6 is 0 Å². The minimum atomic E-state index is -5.86. The zero-order chi connectivity index (χ0) is 28.5. The highest BCUT2D eigenvalue weighted by Gasteiger charge is 2.49. The topological polar surface area (TPSA) is 116 Å². The average Bonchev–Trinajstić information content (AvgIpc) is 3.43. The highest BCUT2D eigenvalue weighted by molar-refractivity contribution is 7.91. The number of nitrogens with zero attached hydrogens (tertiary/aromatic N) is 3. The summed E-state index contributed by atoms with van der Waals surface area (Å²) in [5.74, 6) is -1.33. The molecule has 0 saturated carbocycles. The Hall–Kier alpha value is -3.34. The normalized spacial score (nSPS) is 20.1. The molecule has 9 nitrogen and oxygen atoms in total. The molecule has 5 rings (SSSR count). The van der Waals surface area contributed by atoms with E-state index >= 15 is 0 Å². The molecule has 210 valence electrons. The molecular formula is C22H17F6N3O6S2. The number of amides is 1. The molecule has 39 heavy (non-hydrogen) atoms. The lowest BCUT2D eigenvalue weighted by atomic mass is 9.88. The van der Waals surface area contributed by atoms with Crippen LogP contribution in [0.1, 0.15) is 40.2 Å². The first-order valence-electron chi connectivity index (χ1n) is 11.2. The maximum atomic E-state index is 13.4. The van der Waals surface area contributed by atoms with Crippen LogP contribution in [0.25, 0.3) is 11.0 Å². The van der Waals surface area contributed by atoms with Crippen LogP contribution in [0.15, 0.2) is 42.7 Å².